The topological polar surface area (TPSA) is 116 Å². The quantitative estimate of drug-likeness (QED) is 0.202. The molecule has 1 amide bonds. The van der Waals surface area contributed by atoms with Crippen molar-refractivity contribution >= 4 is 34.9 Å². The molecule has 10 nitrogen and oxygen atoms in total. The van der Waals surface area contributed by atoms with Gasteiger partial charge in [-0.15, -0.1) is 21.5 Å². The van der Waals surface area contributed by atoms with Crippen molar-refractivity contribution in [2.24, 2.45) is 10.9 Å². The number of ether oxygens (including phenoxy) is 2. The first-order valence-electron chi connectivity index (χ1n) is 16.1. The molecule has 2 aromatic heterocycles. The molecular weight excluding hydrogens is 627 g/mol. The zero-order valence-electron chi connectivity index (χ0n) is 28.9. The van der Waals surface area contributed by atoms with Crippen LogP contribution in [0.2, 0.25) is 0 Å². The molecule has 2 aliphatic heterocycles. The summed E-state index contributed by atoms with van der Waals surface area (Å²) in [6, 6.07) is 12.8. The Morgan fingerprint density at radius 2 is 1.67 bits per heavy atom. The van der Waals surface area contributed by atoms with Crippen LogP contribution in [0.1, 0.15) is 96.2 Å². The van der Waals surface area contributed by atoms with Gasteiger partial charge in [0, 0.05) is 28.1 Å². The highest BCUT2D eigenvalue weighted by molar-refractivity contribution is 7.15. The van der Waals surface area contributed by atoms with Crippen LogP contribution in [-0.2, 0) is 25.6 Å². The number of thiophene rings is 1. The molecule has 6 rings (SSSR count). The van der Waals surface area contributed by atoms with Crippen molar-refractivity contribution < 1.29 is 23.9 Å². The Morgan fingerprint density at radius 1 is 1.00 bits per heavy atom. The van der Waals surface area contributed by atoms with E-state index in [9.17, 15) is 14.4 Å². The monoisotopic (exact) mass is 667 g/mol. The third-order valence-corrected chi connectivity index (χ3v) is 10.1. The van der Waals surface area contributed by atoms with Crippen LogP contribution in [0, 0.1) is 26.7 Å². The number of nitrogens with zero attached hydrogens (tertiary/aromatic N) is 5. The number of rotatable bonds is 7. The van der Waals surface area contributed by atoms with Crippen molar-refractivity contribution in [3.8, 4) is 16.1 Å². The predicted octanol–water partition coefficient (Wildman–Crippen LogP) is 6.70. The number of esters is 2. The summed E-state index contributed by atoms with van der Waals surface area (Å²) in [5.41, 5.74) is 6.59. The van der Waals surface area contributed by atoms with Crippen LogP contribution in [0.5, 0.6) is 0 Å². The highest BCUT2D eigenvalue weighted by Crippen LogP contribution is 2.40. The molecule has 2 aromatic carbocycles. The van der Waals surface area contributed by atoms with Crippen LogP contribution in [0.15, 0.2) is 47.5 Å². The lowest BCUT2D eigenvalue weighted by molar-refractivity contribution is -0.162. The number of aliphatic imine (C=N–C) groups is 1. The minimum atomic E-state index is -0.679. The van der Waals surface area contributed by atoms with E-state index in [2.05, 4.69) is 24.0 Å². The third-order valence-electron chi connectivity index (χ3n) is 8.87. The molecule has 0 fully saturated rings. The molecule has 11 heteroatoms. The van der Waals surface area contributed by atoms with Crippen molar-refractivity contribution in [1.82, 2.24) is 19.7 Å². The molecule has 4 aromatic rings. The standard InChI is InChI=1S/C37H41N5O5S/c1-19(2)32(36(45)47-37(6,7)8)41-18-26-16-25(14-15-27(26)34(41)44)23-10-12-24(13-11-23)31-30-20(3)21(4)48-35(30)42-22(5)39-40-33(42)28(38-31)17-29(43)46-9/h10-16,19,28,32H,17-18H2,1-9H3/t28-,32-/m0/s1. The smallest absolute Gasteiger partial charge is 0.329 e. The first-order valence-corrected chi connectivity index (χ1v) is 16.9. The van der Waals surface area contributed by atoms with Gasteiger partial charge in [0.1, 0.15) is 28.5 Å². The third kappa shape index (κ3) is 5.96. The van der Waals surface area contributed by atoms with E-state index in [0.717, 1.165) is 49.9 Å². The number of aromatic nitrogens is 3. The van der Waals surface area contributed by atoms with Crippen LogP contribution < -0.4 is 0 Å². The molecule has 0 radical (unpaired) electrons. The molecule has 0 aliphatic carbocycles. The summed E-state index contributed by atoms with van der Waals surface area (Å²) in [5.74, 6) is 0.308. The van der Waals surface area contributed by atoms with Crippen LogP contribution in [0.25, 0.3) is 16.1 Å². The normalized spacial score (nSPS) is 16.2. The molecule has 0 N–H and O–H groups in total. The molecule has 0 unspecified atom stereocenters. The highest BCUT2D eigenvalue weighted by Gasteiger charge is 2.40. The summed E-state index contributed by atoms with van der Waals surface area (Å²) in [4.78, 5) is 47.1. The largest absolute Gasteiger partial charge is 0.469 e. The second-order valence-electron chi connectivity index (χ2n) is 13.8. The number of hydrogen-bond donors (Lipinski definition) is 0. The number of benzene rings is 2. The van der Waals surface area contributed by atoms with Gasteiger partial charge in [0.2, 0.25) is 0 Å². The maximum Gasteiger partial charge on any atom is 0.329 e. The molecule has 2 aliphatic rings. The Hall–Kier alpha value is -4.64. The summed E-state index contributed by atoms with van der Waals surface area (Å²) in [6.07, 6.45) is 0.0413. The summed E-state index contributed by atoms with van der Waals surface area (Å²) in [7, 11) is 1.37. The number of aryl methyl sites for hydroxylation is 2. The van der Waals surface area contributed by atoms with Gasteiger partial charge in [-0.3, -0.25) is 19.1 Å². The van der Waals surface area contributed by atoms with Gasteiger partial charge in [-0.2, -0.15) is 0 Å². The molecule has 250 valence electrons. The summed E-state index contributed by atoms with van der Waals surface area (Å²) in [6.45, 7) is 15.8. The summed E-state index contributed by atoms with van der Waals surface area (Å²) >= 11 is 1.66. The molecule has 4 heterocycles. The van der Waals surface area contributed by atoms with Gasteiger partial charge in [-0.05, 0) is 81.8 Å². The van der Waals surface area contributed by atoms with Crippen LogP contribution in [0.4, 0.5) is 0 Å². The Labute approximate surface area is 284 Å². The molecule has 2 atom stereocenters. The van der Waals surface area contributed by atoms with E-state index in [0.29, 0.717) is 17.9 Å². The van der Waals surface area contributed by atoms with Crippen molar-refractivity contribution in [3.05, 3.63) is 86.8 Å². The maximum absolute atomic E-state index is 13.5. The van der Waals surface area contributed by atoms with E-state index in [4.69, 9.17) is 14.5 Å². The van der Waals surface area contributed by atoms with Gasteiger partial charge in [0.15, 0.2) is 5.82 Å². The van der Waals surface area contributed by atoms with Gasteiger partial charge >= 0.3 is 11.9 Å². The maximum atomic E-state index is 13.5. The highest BCUT2D eigenvalue weighted by atomic mass is 32.1. The lowest BCUT2D eigenvalue weighted by atomic mass is 9.96. The van der Waals surface area contributed by atoms with Crippen molar-refractivity contribution in [3.63, 3.8) is 0 Å². The van der Waals surface area contributed by atoms with E-state index < -0.39 is 17.7 Å². The fourth-order valence-corrected chi connectivity index (χ4v) is 7.67. The summed E-state index contributed by atoms with van der Waals surface area (Å²) < 4.78 is 12.7. The lowest BCUT2D eigenvalue weighted by Gasteiger charge is -2.32. The van der Waals surface area contributed by atoms with E-state index in [1.54, 1.807) is 16.2 Å². The zero-order chi connectivity index (χ0) is 34.7. The second-order valence-corrected chi connectivity index (χ2v) is 15.0. The number of hydrogen-bond acceptors (Lipinski definition) is 9. The first-order chi connectivity index (χ1) is 22.7. The van der Waals surface area contributed by atoms with Gasteiger partial charge in [0.25, 0.3) is 5.91 Å². The molecule has 48 heavy (non-hydrogen) atoms. The predicted molar refractivity (Wildman–Crippen MR) is 185 cm³/mol. The van der Waals surface area contributed by atoms with Gasteiger partial charge < -0.3 is 14.4 Å². The van der Waals surface area contributed by atoms with Crippen LogP contribution in [-0.4, -0.2) is 62.0 Å². The van der Waals surface area contributed by atoms with Gasteiger partial charge in [-0.25, -0.2) is 4.79 Å². The Bertz CT molecular complexity index is 1960. The Morgan fingerprint density at radius 3 is 2.31 bits per heavy atom. The van der Waals surface area contributed by atoms with Crippen LogP contribution in [0.3, 0.4) is 0 Å². The number of carbonyl (C=O) groups excluding carboxylic acids is 3. The fraction of sp³-hybridized carbons (Fsp3) is 0.405. The molecule has 0 bridgehead atoms. The molecule has 0 saturated heterocycles. The van der Waals surface area contributed by atoms with E-state index >= 15 is 0 Å². The number of carbonyl (C=O) groups is 3. The number of fused-ring (bicyclic) bond motifs is 4. The average Bonchev–Trinajstić information content (AvgIpc) is 3.63. The molecule has 0 saturated carbocycles. The number of amides is 1. The minimum absolute atomic E-state index is 0.0413. The number of methoxy groups -OCH3 is 1. The SMILES string of the molecule is COC(=O)C[C@@H]1N=C(c2ccc(-c3ccc4c(c3)CN([C@H](C(=O)OC(C)(C)C)C(C)C)C4=O)cc2)c2c(sc(C)c2C)-n2c(C)nnc21. The minimum Gasteiger partial charge on any atom is -0.469 e. The second kappa shape index (κ2) is 12.4. The Balaban J connectivity index is 1.34. The van der Waals surface area contributed by atoms with Crippen molar-refractivity contribution in [1.29, 1.82) is 0 Å². The van der Waals surface area contributed by atoms with E-state index in [1.807, 2.05) is 88.6 Å². The van der Waals surface area contributed by atoms with E-state index in [-0.39, 0.29) is 30.2 Å². The Kier molecular flexibility index (Phi) is 8.61. The van der Waals surface area contributed by atoms with Crippen molar-refractivity contribution in [2.45, 2.75) is 86.0 Å². The average molecular weight is 668 g/mol. The first kappa shape index (κ1) is 33.3. The molecular formula is C37H41N5O5S. The van der Waals surface area contributed by atoms with Crippen LogP contribution >= 0.6 is 11.3 Å². The van der Waals surface area contributed by atoms with E-state index in [1.165, 1.54) is 12.0 Å². The lowest BCUT2D eigenvalue weighted by Crippen LogP contribution is -2.47. The zero-order valence-corrected chi connectivity index (χ0v) is 29.7. The summed E-state index contributed by atoms with van der Waals surface area (Å²) in [5, 5.41) is 9.75. The molecule has 0 spiro atoms. The van der Waals surface area contributed by atoms with Gasteiger partial charge in [-0.1, -0.05) is 44.2 Å². The van der Waals surface area contributed by atoms with Gasteiger partial charge in [0.05, 0.1) is 19.2 Å². The fourth-order valence-electron chi connectivity index (χ4n) is 6.46. The van der Waals surface area contributed by atoms with Crippen molar-refractivity contribution in [2.75, 3.05) is 7.11 Å².